The van der Waals surface area contributed by atoms with E-state index >= 15 is 0 Å². The van der Waals surface area contributed by atoms with E-state index in [4.69, 9.17) is 0 Å². The molecule has 0 atom stereocenters. The second kappa shape index (κ2) is 6.45. The van der Waals surface area contributed by atoms with E-state index in [9.17, 15) is 0 Å². The van der Waals surface area contributed by atoms with Crippen molar-refractivity contribution < 1.29 is 0 Å². The fourth-order valence-electron chi connectivity index (χ4n) is 2.54. The van der Waals surface area contributed by atoms with Crippen LogP contribution < -0.4 is 4.90 Å². The van der Waals surface area contributed by atoms with E-state index in [0.717, 1.165) is 17.8 Å². The first-order chi connectivity index (χ1) is 10.0. The molecule has 1 nitrogen and oxygen atoms in total. The number of hydrogen-bond acceptors (Lipinski definition) is 1. The lowest BCUT2D eigenvalue weighted by Crippen LogP contribution is -2.17. The summed E-state index contributed by atoms with van der Waals surface area (Å²) in [4.78, 5) is 2.18. The van der Waals surface area contributed by atoms with Gasteiger partial charge in [0.2, 0.25) is 0 Å². The molecule has 0 N–H and O–H groups in total. The van der Waals surface area contributed by atoms with E-state index < -0.39 is 0 Å². The fourth-order valence-corrected chi connectivity index (χ4v) is 2.54. The number of nitrogens with zero attached hydrogens (tertiary/aromatic N) is 1. The molecule has 0 amide bonds. The van der Waals surface area contributed by atoms with Crippen LogP contribution in [0.25, 0.3) is 5.57 Å². The first kappa shape index (κ1) is 15.1. The normalized spacial score (nSPS) is 10.2. The van der Waals surface area contributed by atoms with Crippen LogP contribution in [0.15, 0.2) is 61.8 Å². The number of allylic oxidation sites excluding steroid dienone is 1. The molecule has 0 bridgehead atoms. The van der Waals surface area contributed by atoms with E-state index in [1.165, 1.54) is 22.3 Å². The molecule has 0 saturated heterocycles. The molecule has 0 radical (unpaired) electrons. The van der Waals surface area contributed by atoms with Gasteiger partial charge < -0.3 is 4.90 Å². The summed E-state index contributed by atoms with van der Waals surface area (Å²) in [6.07, 6.45) is 1.89. The number of benzene rings is 2. The summed E-state index contributed by atoms with van der Waals surface area (Å²) >= 11 is 0. The fraction of sp³-hybridized carbons (Fsp3) is 0.200. The Labute approximate surface area is 128 Å². The minimum absolute atomic E-state index is 0.819. The average Bonchev–Trinajstić information content (AvgIpc) is 2.46. The molecular formula is C20H23N. The second-order valence-corrected chi connectivity index (χ2v) is 5.54. The minimum Gasteiger partial charge on any atom is -0.344 e. The molecule has 0 saturated carbocycles. The smallest absolute Gasteiger partial charge is 0.0485 e. The van der Waals surface area contributed by atoms with E-state index in [2.05, 4.69) is 68.3 Å². The summed E-state index contributed by atoms with van der Waals surface area (Å²) in [5.74, 6) is 0. The third-order valence-corrected chi connectivity index (χ3v) is 3.73. The van der Waals surface area contributed by atoms with E-state index in [0.29, 0.717) is 0 Å². The van der Waals surface area contributed by atoms with Crippen molar-refractivity contribution in [1.82, 2.24) is 0 Å². The van der Waals surface area contributed by atoms with Gasteiger partial charge in [-0.15, -0.1) is 0 Å². The molecular weight excluding hydrogens is 254 g/mol. The highest BCUT2D eigenvalue weighted by molar-refractivity contribution is 5.75. The maximum atomic E-state index is 4.08. The van der Waals surface area contributed by atoms with Crippen LogP contribution in [0.2, 0.25) is 0 Å². The lowest BCUT2D eigenvalue weighted by Gasteiger charge is -2.24. The third-order valence-electron chi connectivity index (χ3n) is 3.73. The molecule has 2 rings (SSSR count). The van der Waals surface area contributed by atoms with Gasteiger partial charge in [-0.05, 0) is 49.7 Å². The van der Waals surface area contributed by atoms with Crippen LogP contribution in [0.1, 0.15) is 29.2 Å². The quantitative estimate of drug-likeness (QED) is 0.698. The molecule has 2 aromatic carbocycles. The molecule has 0 spiro atoms. The van der Waals surface area contributed by atoms with E-state index in [1.54, 1.807) is 0 Å². The summed E-state index contributed by atoms with van der Waals surface area (Å²) in [5, 5.41) is 0. The standard InChI is InChI=1S/C20H23N/c1-6-21(14-18-12-11-16(4)13-17(18)5)20-10-8-7-9-19(20)15(2)3/h6-13H,1-2,14H2,3-5H3. The molecule has 0 heterocycles. The molecule has 108 valence electrons. The SMILES string of the molecule is C=CN(Cc1ccc(C)cc1C)c1ccccc1C(=C)C. The van der Waals surface area contributed by atoms with Crippen LogP contribution in [-0.4, -0.2) is 0 Å². The van der Waals surface area contributed by atoms with Gasteiger partial charge in [0.25, 0.3) is 0 Å². The number of rotatable bonds is 5. The predicted octanol–water partition coefficient (Wildman–Crippen LogP) is 5.49. The monoisotopic (exact) mass is 277 g/mol. The second-order valence-electron chi connectivity index (χ2n) is 5.54. The van der Waals surface area contributed by atoms with Crippen molar-refractivity contribution in [1.29, 1.82) is 0 Å². The maximum Gasteiger partial charge on any atom is 0.0485 e. The first-order valence-corrected chi connectivity index (χ1v) is 7.23. The maximum absolute atomic E-state index is 4.08. The molecule has 0 aliphatic rings. The Hall–Kier alpha value is -2.28. The Bertz CT molecular complexity index is 667. The molecule has 0 aromatic heterocycles. The predicted molar refractivity (Wildman–Crippen MR) is 93.4 cm³/mol. The highest BCUT2D eigenvalue weighted by Gasteiger charge is 2.10. The van der Waals surface area contributed by atoms with Crippen LogP contribution in [0.4, 0.5) is 5.69 Å². The molecule has 0 aliphatic heterocycles. The Morgan fingerprint density at radius 2 is 1.86 bits per heavy atom. The van der Waals surface area contributed by atoms with Crippen molar-refractivity contribution in [2.24, 2.45) is 0 Å². The third kappa shape index (κ3) is 3.43. The van der Waals surface area contributed by atoms with Gasteiger partial charge in [-0.3, -0.25) is 0 Å². The number of anilines is 1. The molecule has 0 unspecified atom stereocenters. The summed E-state index contributed by atoms with van der Waals surface area (Å²) in [6, 6.07) is 14.9. The van der Waals surface area contributed by atoms with Gasteiger partial charge in [0, 0.05) is 17.8 Å². The lowest BCUT2D eigenvalue weighted by atomic mass is 10.0. The summed E-state index contributed by atoms with van der Waals surface area (Å²) in [7, 11) is 0. The first-order valence-electron chi connectivity index (χ1n) is 7.23. The number of para-hydroxylation sites is 1. The van der Waals surface area contributed by atoms with Gasteiger partial charge in [-0.2, -0.15) is 0 Å². The van der Waals surface area contributed by atoms with Crippen molar-refractivity contribution >= 4 is 11.3 Å². The lowest BCUT2D eigenvalue weighted by molar-refractivity contribution is 0.955. The average molecular weight is 277 g/mol. The Morgan fingerprint density at radius 1 is 1.14 bits per heavy atom. The van der Waals surface area contributed by atoms with Crippen LogP contribution in [0, 0.1) is 13.8 Å². The van der Waals surface area contributed by atoms with Crippen molar-refractivity contribution in [2.45, 2.75) is 27.3 Å². The van der Waals surface area contributed by atoms with Crippen molar-refractivity contribution in [3.05, 3.63) is 84.1 Å². The van der Waals surface area contributed by atoms with Crippen molar-refractivity contribution in [2.75, 3.05) is 4.90 Å². The minimum atomic E-state index is 0.819. The molecule has 21 heavy (non-hydrogen) atoms. The van der Waals surface area contributed by atoms with Crippen LogP contribution in [0.5, 0.6) is 0 Å². The largest absolute Gasteiger partial charge is 0.344 e. The van der Waals surface area contributed by atoms with Crippen LogP contribution >= 0.6 is 0 Å². The Balaban J connectivity index is 2.37. The highest BCUT2D eigenvalue weighted by Crippen LogP contribution is 2.28. The van der Waals surface area contributed by atoms with Crippen molar-refractivity contribution in [3.63, 3.8) is 0 Å². The van der Waals surface area contributed by atoms with Gasteiger partial charge in [-0.1, -0.05) is 55.1 Å². The summed E-state index contributed by atoms with van der Waals surface area (Å²) in [6.45, 7) is 15.2. The van der Waals surface area contributed by atoms with Gasteiger partial charge >= 0.3 is 0 Å². The van der Waals surface area contributed by atoms with Gasteiger partial charge in [0.05, 0.1) is 0 Å². The summed E-state index contributed by atoms with van der Waals surface area (Å²) in [5.41, 5.74) is 7.32. The van der Waals surface area contributed by atoms with E-state index in [-0.39, 0.29) is 0 Å². The highest BCUT2D eigenvalue weighted by atomic mass is 15.1. The zero-order valence-electron chi connectivity index (χ0n) is 13.2. The number of aryl methyl sites for hydroxylation is 2. The van der Waals surface area contributed by atoms with Gasteiger partial charge in [-0.25, -0.2) is 0 Å². The molecule has 1 heteroatoms. The molecule has 0 aliphatic carbocycles. The Kier molecular flexibility index (Phi) is 4.64. The van der Waals surface area contributed by atoms with Crippen LogP contribution in [-0.2, 0) is 6.54 Å². The van der Waals surface area contributed by atoms with Gasteiger partial charge in [0.15, 0.2) is 0 Å². The zero-order valence-corrected chi connectivity index (χ0v) is 13.2. The topological polar surface area (TPSA) is 3.24 Å². The Morgan fingerprint density at radius 3 is 2.48 bits per heavy atom. The number of hydrogen-bond donors (Lipinski definition) is 0. The van der Waals surface area contributed by atoms with Gasteiger partial charge in [0.1, 0.15) is 0 Å². The van der Waals surface area contributed by atoms with Crippen molar-refractivity contribution in [3.8, 4) is 0 Å². The molecule has 2 aromatic rings. The molecule has 0 fully saturated rings. The van der Waals surface area contributed by atoms with Crippen LogP contribution in [0.3, 0.4) is 0 Å². The zero-order chi connectivity index (χ0) is 15.4. The van der Waals surface area contributed by atoms with E-state index in [1.807, 2.05) is 19.2 Å². The summed E-state index contributed by atoms with van der Waals surface area (Å²) < 4.78 is 0.